The Kier molecular flexibility index (Phi) is 6.33. The molecule has 2 N–H and O–H groups in total. The highest BCUT2D eigenvalue weighted by Crippen LogP contribution is 2.22. The van der Waals surface area contributed by atoms with Crippen molar-refractivity contribution in [2.75, 3.05) is 0 Å². The van der Waals surface area contributed by atoms with Crippen LogP contribution in [0.4, 0.5) is 4.39 Å². The lowest BCUT2D eigenvalue weighted by molar-refractivity contribution is -0.137. The third-order valence-corrected chi connectivity index (χ3v) is 4.43. The molecule has 0 aliphatic carbocycles. The fraction of sp³-hybridized carbons (Fsp3) is 0.238. The third-order valence-electron chi connectivity index (χ3n) is 4.43. The van der Waals surface area contributed by atoms with Gasteiger partial charge in [0.25, 0.3) is 0 Å². The van der Waals surface area contributed by atoms with E-state index < -0.39 is 17.8 Å². The van der Waals surface area contributed by atoms with Crippen LogP contribution in [0.5, 0.6) is 0 Å². The van der Waals surface area contributed by atoms with E-state index in [0.29, 0.717) is 0 Å². The molecule has 3 aromatic rings. The van der Waals surface area contributed by atoms with Gasteiger partial charge in [0.1, 0.15) is 5.82 Å². The highest BCUT2D eigenvalue weighted by Gasteiger charge is 2.20. The lowest BCUT2D eigenvalue weighted by Crippen LogP contribution is -2.30. The molecule has 29 heavy (non-hydrogen) atoms. The van der Waals surface area contributed by atoms with Crippen molar-refractivity contribution in [2.45, 2.75) is 32.2 Å². The average molecular weight is 397 g/mol. The average Bonchev–Trinajstić information content (AvgIpc) is 3.15. The summed E-state index contributed by atoms with van der Waals surface area (Å²) in [5.41, 5.74) is 1.86. The van der Waals surface area contributed by atoms with E-state index in [9.17, 15) is 19.1 Å². The van der Waals surface area contributed by atoms with Crippen molar-refractivity contribution in [1.82, 2.24) is 15.5 Å². The van der Waals surface area contributed by atoms with Gasteiger partial charge in [0.15, 0.2) is 0 Å². The maximum Gasteiger partial charge on any atom is 0.305 e. The maximum absolute atomic E-state index is 13.8. The number of nitrogens with one attached hydrogen (secondary N) is 1. The van der Waals surface area contributed by atoms with Crippen molar-refractivity contribution in [3.05, 3.63) is 71.4 Å². The quantitative estimate of drug-likeness (QED) is 0.603. The monoisotopic (exact) mass is 397 g/mol. The van der Waals surface area contributed by atoms with Crippen LogP contribution in [0.25, 0.3) is 11.4 Å². The predicted molar refractivity (Wildman–Crippen MR) is 102 cm³/mol. The number of rotatable bonds is 8. The Hall–Kier alpha value is -3.55. The van der Waals surface area contributed by atoms with Crippen LogP contribution in [0.2, 0.25) is 0 Å². The van der Waals surface area contributed by atoms with Crippen LogP contribution in [0.3, 0.4) is 0 Å². The van der Waals surface area contributed by atoms with E-state index in [1.165, 1.54) is 12.1 Å². The molecule has 1 aromatic heterocycles. The van der Waals surface area contributed by atoms with E-state index in [2.05, 4.69) is 15.5 Å². The molecule has 1 heterocycles. The molecule has 0 fully saturated rings. The second-order valence-electron chi connectivity index (χ2n) is 6.57. The van der Waals surface area contributed by atoms with Crippen molar-refractivity contribution in [2.24, 2.45) is 0 Å². The van der Waals surface area contributed by atoms with Crippen LogP contribution in [0.1, 0.15) is 35.9 Å². The molecule has 0 spiro atoms. The first kappa shape index (κ1) is 20.2. The smallest absolute Gasteiger partial charge is 0.305 e. The molecule has 1 amide bonds. The third kappa shape index (κ3) is 5.25. The summed E-state index contributed by atoms with van der Waals surface area (Å²) < 4.78 is 18.9. The zero-order valence-corrected chi connectivity index (χ0v) is 15.8. The van der Waals surface area contributed by atoms with Crippen molar-refractivity contribution in [1.29, 1.82) is 0 Å². The number of hydrogen-bond acceptors (Lipinski definition) is 5. The van der Waals surface area contributed by atoms with Gasteiger partial charge in [0.2, 0.25) is 17.6 Å². The Labute approximate surface area is 166 Å². The molecule has 150 valence electrons. The molecular formula is C21H20FN3O4. The van der Waals surface area contributed by atoms with Gasteiger partial charge < -0.3 is 14.9 Å². The van der Waals surface area contributed by atoms with Crippen molar-refractivity contribution in [3.63, 3.8) is 0 Å². The standard InChI is InChI=1S/C21H20FN3O4/c1-13-6-2-3-7-14(13)17(12-20(27)28)23-18(26)10-11-19-24-21(25-29-19)15-8-4-5-9-16(15)22/h2-9,17H,10-12H2,1H3,(H,23,26)(H,27,28)/t17-/m0/s1. The summed E-state index contributed by atoms with van der Waals surface area (Å²) in [6, 6.07) is 12.7. The Morgan fingerprint density at radius 1 is 1.17 bits per heavy atom. The number of benzene rings is 2. The zero-order chi connectivity index (χ0) is 20.8. The number of halogens is 1. The van der Waals surface area contributed by atoms with Crippen molar-refractivity contribution < 1.29 is 23.6 Å². The summed E-state index contributed by atoms with van der Waals surface area (Å²) in [4.78, 5) is 27.7. The Morgan fingerprint density at radius 2 is 1.90 bits per heavy atom. The number of aromatic nitrogens is 2. The first-order valence-electron chi connectivity index (χ1n) is 9.08. The van der Waals surface area contributed by atoms with Gasteiger partial charge in [-0.25, -0.2) is 4.39 Å². The number of carboxylic acid groups (broad SMARTS) is 1. The SMILES string of the molecule is Cc1ccccc1[C@H](CC(=O)O)NC(=O)CCc1nc(-c2ccccc2F)no1. The van der Waals surface area contributed by atoms with E-state index in [0.717, 1.165) is 11.1 Å². The zero-order valence-electron chi connectivity index (χ0n) is 15.8. The largest absolute Gasteiger partial charge is 0.481 e. The molecule has 2 aromatic carbocycles. The normalized spacial score (nSPS) is 11.8. The number of hydrogen-bond donors (Lipinski definition) is 2. The number of aryl methyl sites for hydroxylation is 2. The predicted octanol–water partition coefficient (Wildman–Crippen LogP) is 3.45. The molecule has 0 saturated heterocycles. The molecule has 0 radical (unpaired) electrons. The number of carbonyl (C=O) groups excluding carboxylic acids is 1. The summed E-state index contributed by atoms with van der Waals surface area (Å²) >= 11 is 0. The first-order chi connectivity index (χ1) is 13.9. The fourth-order valence-electron chi connectivity index (χ4n) is 2.99. The molecule has 0 unspecified atom stereocenters. The molecule has 1 atom stereocenters. The van der Waals surface area contributed by atoms with Crippen LogP contribution >= 0.6 is 0 Å². The maximum atomic E-state index is 13.8. The minimum absolute atomic E-state index is 0.0287. The molecule has 8 heteroatoms. The minimum atomic E-state index is -1.01. The number of carbonyl (C=O) groups is 2. The highest BCUT2D eigenvalue weighted by atomic mass is 19.1. The van der Waals surface area contributed by atoms with Crippen molar-refractivity contribution in [3.8, 4) is 11.4 Å². The summed E-state index contributed by atoms with van der Waals surface area (Å²) in [5.74, 6) is -1.51. The van der Waals surface area contributed by atoms with Gasteiger partial charge in [-0.05, 0) is 30.2 Å². The molecular weight excluding hydrogens is 377 g/mol. The van der Waals surface area contributed by atoms with Gasteiger partial charge in [-0.15, -0.1) is 0 Å². The fourth-order valence-corrected chi connectivity index (χ4v) is 2.99. The molecule has 0 aliphatic rings. The van der Waals surface area contributed by atoms with E-state index >= 15 is 0 Å². The van der Waals surface area contributed by atoms with Gasteiger partial charge in [-0.3, -0.25) is 9.59 Å². The van der Waals surface area contributed by atoms with E-state index in [1.54, 1.807) is 24.3 Å². The van der Waals surface area contributed by atoms with Crippen LogP contribution in [-0.4, -0.2) is 27.1 Å². The van der Waals surface area contributed by atoms with Gasteiger partial charge in [-0.1, -0.05) is 41.6 Å². The highest BCUT2D eigenvalue weighted by molar-refractivity contribution is 5.78. The van der Waals surface area contributed by atoms with Gasteiger partial charge in [0.05, 0.1) is 18.0 Å². The lowest BCUT2D eigenvalue weighted by Gasteiger charge is -2.19. The van der Waals surface area contributed by atoms with E-state index in [4.69, 9.17) is 4.52 Å². The van der Waals surface area contributed by atoms with Crippen molar-refractivity contribution >= 4 is 11.9 Å². The van der Waals surface area contributed by atoms with Gasteiger partial charge in [0, 0.05) is 12.8 Å². The topological polar surface area (TPSA) is 105 Å². The van der Waals surface area contributed by atoms with Gasteiger partial charge >= 0.3 is 5.97 Å². The molecule has 0 bridgehead atoms. The number of aliphatic carboxylic acids is 1. The summed E-state index contributed by atoms with van der Waals surface area (Å²) in [7, 11) is 0. The Bertz CT molecular complexity index is 1020. The minimum Gasteiger partial charge on any atom is -0.481 e. The Morgan fingerprint density at radius 3 is 2.62 bits per heavy atom. The summed E-state index contributed by atoms with van der Waals surface area (Å²) in [6.07, 6.45) is -0.0453. The second kappa shape index (κ2) is 9.09. The molecule has 3 rings (SSSR count). The Balaban J connectivity index is 1.63. The summed E-state index contributed by atoms with van der Waals surface area (Å²) in [5, 5.41) is 15.7. The van der Waals surface area contributed by atoms with Crippen LogP contribution in [0.15, 0.2) is 53.1 Å². The molecule has 0 saturated carbocycles. The second-order valence-corrected chi connectivity index (χ2v) is 6.57. The lowest BCUT2D eigenvalue weighted by atomic mass is 9.98. The summed E-state index contributed by atoms with van der Waals surface area (Å²) in [6.45, 7) is 1.86. The molecule has 0 aliphatic heterocycles. The molecule has 7 nitrogen and oxygen atoms in total. The first-order valence-corrected chi connectivity index (χ1v) is 9.08. The van der Waals surface area contributed by atoms with Crippen LogP contribution < -0.4 is 5.32 Å². The number of nitrogens with zero attached hydrogens (tertiary/aromatic N) is 2. The van der Waals surface area contributed by atoms with Gasteiger partial charge in [-0.2, -0.15) is 4.98 Å². The number of carboxylic acids is 1. The van der Waals surface area contributed by atoms with E-state index in [-0.39, 0.29) is 42.4 Å². The van der Waals surface area contributed by atoms with Crippen LogP contribution in [-0.2, 0) is 16.0 Å². The van der Waals surface area contributed by atoms with Crippen LogP contribution in [0, 0.1) is 12.7 Å². The van der Waals surface area contributed by atoms with E-state index in [1.807, 2.05) is 19.1 Å². The number of amides is 1.